The summed E-state index contributed by atoms with van der Waals surface area (Å²) in [6, 6.07) is 5.22. The summed E-state index contributed by atoms with van der Waals surface area (Å²) >= 11 is -0.353. The minimum absolute atomic E-state index is 0.00451. The Balaban J connectivity index is 2.33. The molecule has 2 rings (SSSR count). The van der Waals surface area contributed by atoms with E-state index in [1.165, 1.54) is 30.5 Å². The van der Waals surface area contributed by atoms with Crippen LogP contribution in [0.15, 0.2) is 35.4 Å². The number of hydrogen-bond donors (Lipinski definition) is 1. The number of carbonyl (C=O) groups is 1. The first-order chi connectivity index (χ1) is 10.8. The number of hydrogen-bond acceptors (Lipinski definition) is 6. The predicted octanol–water partition coefficient (Wildman–Crippen LogP) is 3.10. The molecular formula is C13H11F3N2O4S. The van der Waals surface area contributed by atoms with E-state index in [9.17, 15) is 18.0 Å². The maximum atomic E-state index is 12.7. The SMILES string of the molecule is COC(=O)c1cccc(SC(F)(F)F)c1COc1ccn(O)n1. The Morgan fingerprint density at radius 1 is 1.39 bits per heavy atom. The standard InChI is InChI=1S/C13H11F3N2O4S/c1-21-12(19)8-3-2-4-10(23-13(14,15)16)9(8)7-22-11-5-6-18(20)17-11/h2-6,20H,7H2,1H3. The first-order valence-corrected chi connectivity index (χ1v) is 6.95. The van der Waals surface area contributed by atoms with Gasteiger partial charge in [-0.1, -0.05) is 11.2 Å². The Morgan fingerprint density at radius 3 is 2.70 bits per heavy atom. The van der Waals surface area contributed by atoms with Crippen LogP contribution in [0.1, 0.15) is 15.9 Å². The van der Waals surface area contributed by atoms with Crippen molar-refractivity contribution >= 4 is 17.7 Å². The van der Waals surface area contributed by atoms with Gasteiger partial charge < -0.3 is 14.7 Å². The van der Waals surface area contributed by atoms with Gasteiger partial charge in [0.15, 0.2) is 0 Å². The van der Waals surface area contributed by atoms with E-state index in [4.69, 9.17) is 9.94 Å². The van der Waals surface area contributed by atoms with Crippen molar-refractivity contribution < 1.29 is 32.6 Å². The molecule has 2 aromatic rings. The van der Waals surface area contributed by atoms with Gasteiger partial charge in [-0.2, -0.15) is 13.2 Å². The molecule has 0 aliphatic rings. The van der Waals surface area contributed by atoms with E-state index < -0.39 is 11.5 Å². The van der Waals surface area contributed by atoms with Crippen molar-refractivity contribution in [3.05, 3.63) is 41.6 Å². The van der Waals surface area contributed by atoms with Gasteiger partial charge in [0, 0.05) is 16.5 Å². The normalized spacial score (nSPS) is 11.3. The molecule has 0 unspecified atom stereocenters. The third-order valence-corrected chi connectivity index (χ3v) is 3.51. The van der Waals surface area contributed by atoms with Gasteiger partial charge in [0.1, 0.15) is 6.61 Å². The van der Waals surface area contributed by atoms with Gasteiger partial charge >= 0.3 is 11.5 Å². The highest BCUT2D eigenvalue weighted by Crippen LogP contribution is 2.39. The van der Waals surface area contributed by atoms with E-state index in [-0.39, 0.29) is 40.3 Å². The fourth-order valence-electron chi connectivity index (χ4n) is 1.76. The lowest BCUT2D eigenvalue weighted by molar-refractivity contribution is -0.0328. The van der Waals surface area contributed by atoms with Crippen LogP contribution in [-0.4, -0.2) is 33.7 Å². The van der Waals surface area contributed by atoms with Crippen LogP contribution in [0.5, 0.6) is 5.88 Å². The number of benzene rings is 1. The van der Waals surface area contributed by atoms with Gasteiger partial charge in [-0.15, -0.1) is 4.85 Å². The molecule has 0 saturated carbocycles. The van der Waals surface area contributed by atoms with Gasteiger partial charge in [0.2, 0.25) is 5.88 Å². The number of ether oxygens (including phenoxy) is 2. The Hall–Kier alpha value is -2.36. The van der Waals surface area contributed by atoms with Crippen LogP contribution in [0.4, 0.5) is 13.2 Å². The second kappa shape index (κ2) is 6.82. The number of methoxy groups -OCH3 is 1. The third kappa shape index (κ3) is 4.55. The second-order valence-electron chi connectivity index (χ2n) is 4.18. The number of carbonyl (C=O) groups excluding carboxylic acids is 1. The van der Waals surface area contributed by atoms with Crippen LogP contribution in [-0.2, 0) is 11.3 Å². The van der Waals surface area contributed by atoms with Crippen molar-refractivity contribution in [1.82, 2.24) is 9.94 Å². The molecule has 0 spiro atoms. The predicted molar refractivity (Wildman–Crippen MR) is 73.4 cm³/mol. The number of aromatic nitrogens is 2. The minimum Gasteiger partial charge on any atom is -0.472 e. The minimum atomic E-state index is -4.52. The zero-order valence-corrected chi connectivity index (χ0v) is 12.5. The summed E-state index contributed by atoms with van der Waals surface area (Å²) in [6.45, 7) is -0.347. The van der Waals surface area contributed by atoms with Crippen LogP contribution >= 0.6 is 11.8 Å². The summed E-state index contributed by atoms with van der Waals surface area (Å²) in [7, 11) is 1.13. The van der Waals surface area contributed by atoms with Gasteiger partial charge in [-0.05, 0) is 23.9 Å². The number of halogens is 3. The van der Waals surface area contributed by atoms with Crippen LogP contribution in [0.3, 0.4) is 0 Å². The molecule has 1 heterocycles. The summed E-state index contributed by atoms with van der Waals surface area (Å²) < 4.78 is 47.8. The fourth-order valence-corrected chi connectivity index (χ4v) is 2.45. The average Bonchev–Trinajstić information content (AvgIpc) is 2.89. The van der Waals surface area contributed by atoms with E-state index in [0.717, 1.165) is 7.11 Å². The van der Waals surface area contributed by atoms with Crippen molar-refractivity contribution in [3.63, 3.8) is 0 Å². The van der Waals surface area contributed by atoms with Gasteiger partial charge in [0.25, 0.3) is 0 Å². The molecule has 0 amide bonds. The van der Waals surface area contributed by atoms with Crippen LogP contribution < -0.4 is 4.74 Å². The van der Waals surface area contributed by atoms with Crippen LogP contribution in [0.25, 0.3) is 0 Å². The summed E-state index contributed by atoms with van der Waals surface area (Å²) in [5, 5.41) is 12.6. The van der Waals surface area contributed by atoms with Crippen LogP contribution in [0, 0.1) is 0 Å². The lowest BCUT2D eigenvalue weighted by Gasteiger charge is -2.14. The zero-order chi connectivity index (χ0) is 17.0. The topological polar surface area (TPSA) is 73.6 Å². The number of thioether (sulfide) groups is 1. The van der Waals surface area contributed by atoms with Gasteiger partial charge in [0.05, 0.1) is 18.9 Å². The van der Waals surface area contributed by atoms with Crippen molar-refractivity contribution in [1.29, 1.82) is 0 Å². The van der Waals surface area contributed by atoms with E-state index in [0.29, 0.717) is 4.85 Å². The quantitative estimate of drug-likeness (QED) is 0.508. The molecule has 124 valence electrons. The Kier molecular flexibility index (Phi) is 5.04. The second-order valence-corrected chi connectivity index (χ2v) is 5.29. The van der Waals surface area contributed by atoms with E-state index in [1.807, 2.05) is 0 Å². The Morgan fingerprint density at radius 2 is 2.13 bits per heavy atom. The lowest BCUT2D eigenvalue weighted by atomic mass is 10.1. The largest absolute Gasteiger partial charge is 0.472 e. The monoisotopic (exact) mass is 348 g/mol. The molecule has 1 aromatic heterocycles. The zero-order valence-electron chi connectivity index (χ0n) is 11.7. The Labute approximate surface area is 132 Å². The molecule has 1 aromatic carbocycles. The Bertz CT molecular complexity index is 703. The van der Waals surface area contributed by atoms with Crippen molar-refractivity contribution in [2.45, 2.75) is 17.0 Å². The number of alkyl halides is 3. The highest BCUT2D eigenvalue weighted by molar-refractivity contribution is 8.00. The molecule has 0 fully saturated rings. The third-order valence-electron chi connectivity index (χ3n) is 2.68. The smallest absolute Gasteiger partial charge is 0.446 e. The van der Waals surface area contributed by atoms with Crippen LogP contribution in [0.2, 0.25) is 0 Å². The highest BCUT2D eigenvalue weighted by atomic mass is 32.2. The summed E-state index contributed by atoms with van der Waals surface area (Å²) in [4.78, 5) is 12.1. The number of rotatable bonds is 5. The van der Waals surface area contributed by atoms with Gasteiger partial charge in [-0.25, -0.2) is 4.79 Å². The maximum absolute atomic E-state index is 12.7. The van der Waals surface area contributed by atoms with Crippen molar-refractivity contribution in [3.8, 4) is 5.88 Å². The molecule has 0 aliphatic carbocycles. The highest BCUT2D eigenvalue weighted by Gasteiger charge is 2.31. The molecule has 0 bridgehead atoms. The fraction of sp³-hybridized carbons (Fsp3) is 0.231. The molecule has 1 N–H and O–H groups in total. The molecule has 0 aliphatic heterocycles. The molecule has 0 saturated heterocycles. The molecule has 23 heavy (non-hydrogen) atoms. The molecule has 0 atom stereocenters. The summed E-state index contributed by atoms with van der Waals surface area (Å²) in [5.74, 6) is -0.781. The summed E-state index contributed by atoms with van der Waals surface area (Å²) in [6.07, 6.45) is 1.19. The van der Waals surface area contributed by atoms with E-state index in [2.05, 4.69) is 9.84 Å². The molecule has 10 heteroatoms. The van der Waals surface area contributed by atoms with E-state index >= 15 is 0 Å². The average molecular weight is 348 g/mol. The van der Waals surface area contributed by atoms with Crippen molar-refractivity contribution in [2.24, 2.45) is 0 Å². The number of nitrogens with zero attached hydrogens (tertiary/aromatic N) is 2. The first kappa shape index (κ1) is 17.0. The lowest BCUT2D eigenvalue weighted by Crippen LogP contribution is -2.11. The number of esters is 1. The molecule has 0 radical (unpaired) electrons. The first-order valence-electron chi connectivity index (χ1n) is 6.14. The maximum Gasteiger partial charge on any atom is 0.446 e. The molecule has 6 nitrogen and oxygen atoms in total. The van der Waals surface area contributed by atoms with E-state index in [1.54, 1.807) is 0 Å². The molecular weight excluding hydrogens is 337 g/mol. The van der Waals surface area contributed by atoms with Crippen molar-refractivity contribution in [2.75, 3.05) is 7.11 Å². The van der Waals surface area contributed by atoms with Gasteiger partial charge in [-0.3, -0.25) is 0 Å². The summed E-state index contributed by atoms with van der Waals surface area (Å²) in [5.41, 5.74) is -4.53.